The van der Waals surface area contributed by atoms with E-state index in [4.69, 9.17) is 9.47 Å². The molecule has 0 radical (unpaired) electrons. The van der Waals surface area contributed by atoms with E-state index in [1.165, 1.54) is 5.56 Å². The van der Waals surface area contributed by atoms with Gasteiger partial charge in [0.1, 0.15) is 5.75 Å². The van der Waals surface area contributed by atoms with Crippen LogP contribution in [0.1, 0.15) is 17.5 Å². The van der Waals surface area contributed by atoms with Crippen molar-refractivity contribution in [2.45, 2.75) is 19.8 Å². The highest BCUT2D eigenvalue weighted by molar-refractivity contribution is 5.63. The lowest BCUT2D eigenvalue weighted by Crippen LogP contribution is -2.11. The number of carbonyl (C=O) groups excluding carboxylic acids is 1. The van der Waals surface area contributed by atoms with Gasteiger partial charge in [-0.15, -0.1) is 0 Å². The molecule has 0 aliphatic carbocycles. The maximum Gasteiger partial charge on any atom is 0.513 e. The first kappa shape index (κ1) is 14.1. The van der Waals surface area contributed by atoms with Crippen LogP contribution >= 0.6 is 0 Å². The van der Waals surface area contributed by atoms with Gasteiger partial charge < -0.3 is 9.47 Å². The third kappa shape index (κ3) is 4.76. The highest BCUT2D eigenvalue weighted by atomic mass is 16.7. The predicted octanol–water partition coefficient (Wildman–Crippen LogP) is 4.14. The lowest BCUT2D eigenvalue weighted by atomic mass is 10.1. The first-order chi connectivity index (χ1) is 9.74. The number of benzene rings is 2. The molecule has 0 atom stereocenters. The Balaban J connectivity index is 1.66. The van der Waals surface area contributed by atoms with Gasteiger partial charge in [-0.05, 0) is 37.5 Å². The zero-order chi connectivity index (χ0) is 14.2. The number of ether oxygens (including phenoxy) is 2. The van der Waals surface area contributed by atoms with E-state index in [0.717, 1.165) is 18.4 Å². The van der Waals surface area contributed by atoms with E-state index in [1.54, 1.807) is 12.1 Å². The molecule has 20 heavy (non-hydrogen) atoms. The number of carbonyl (C=O) groups is 1. The SMILES string of the molecule is Cc1ccc(OC(=O)OCCCc2ccccc2)cc1. The molecular weight excluding hydrogens is 252 g/mol. The monoisotopic (exact) mass is 270 g/mol. The summed E-state index contributed by atoms with van der Waals surface area (Å²) in [6.45, 7) is 2.34. The average molecular weight is 270 g/mol. The lowest BCUT2D eigenvalue weighted by molar-refractivity contribution is 0.0980. The second-order valence-electron chi connectivity index (χ2n) is 4.60. The molecule has 0 aliphatic heterocycles. The molecule has 2 aromatic carbocycles. The van der Waals surface area contributed by atoms with Crippen molar-refractivity contribution in [3.8, 4) is 5.75 Å². The van der Waals surface area contributed by atoms with Crippen molar-refractivity contribution in [2.24, 2.45) is 0 Å². The van der Waals surface area contributed by atoms with Crippen LogP contribution in [0.4, 0.5) is 4.79 Å². The summed E-state index contributed by atoms with van der Waals surface area (Å²) in [6.07, 6.45) is 1.02. The second-order valence-corrected chi connectivity index (χ2v) is 4.60. The van der Waals surface area contributed by atoms with Crippen molar-refractivity contribution in [1.29, 1.82) is 0 Å². The molecule has 104 valence electrons. The van der Waals surface area contributed by atoms with E-state index in [2.05, 4.69) is 12.1 Å². The van der Waals surface area contributed by atoms with Crippen LogP contribution in [0.5, 0.6) is 5.75 Å². The Morgan fingerprint density at radius 3 is 2.40 bits per heavy atom. The van der Waals surface area contributed by atoms with Gasteiger partial charge in [0.2, 0.25) is 0 Å². The summed E-state index contributed by atoms with van der Waals surface area (Å²) in [5, 5.41) is 0. The number of aryl methyl sites for hydroxylation is 2. The maximum atomic E-state index is 11.5. The topological polar surface area (TPSA) is 35.5 Å². The summed E-state index contributed by atoms with van der Waals surface area (Å²) in [6, 6.07) is 17.4. The average Bonchev–Trinajstić information content (AvgIpc) is 2.47. The minimum absolute atomic E-state index is 0.361. The van der Waals surface area contributed by atoms with E-state index >= 15 is 0 Å². The summed E-state index contributed by atoms with van der Waals surface area (Å²) < 4.78 is 10.1. The Hall–Kier alpha value is -2.29. The van der Waals surface area contributed by atoms with E-state index in [0.29, 0.717) is 12.4 Å². The van der Waals surface area contributed by atoms with Gasteiger partial charge in [0.15, 0.2) is 0 Å². The molecule has 0 aromatic heterocycles. The molecule has 0 saturated carbocycles. The van der Waals surface area contributed by atoms with Gasteiger partial charge in [-0.2, -0.15) is 0 Å². The van der Waals surface area contributed by atoms with Crippen molar-refractivity contribution >= 4 is 6.16 Å². The van der Waals surface area contributed by atoms with Crippen molar-refractivity contribution in [3.63, 3.8) is 0 Å². The zero-order valence-corrected chi connectivity index (χ0v) is 11.5. The van der Waals surface area contributed by atoms with Crippen LogP contribution in [0.25, 0.3) is 0 Å². The molecule has 3 nitrogen and oxygen atoms in total. The molecule has 3 heteroatoms. The largest absolute Gasteiger partial charge is 0.513 e. The highest BCUT2D eigenvalue weighted by Gasteiger charge is 2.05. The number of hydrogen-bond donors (Lipinski definition) is 0. The van der Waals surface area contributed by atoms with E-state index in [9.17, 15) is 4.79 Å². The smallest absolute Gasteiger partial charge is 0.434 e. The third-order valence-corrected chi connectivity index (χ3v) is 2.89. The van der Waals surface area contributed by atoms with E-state index < -0.39 is 6.16 Å². The molecule has 0 fully saturated rings. The van der Waals surface area contributed by atoms with Crippen LogP contribution in [-0.2, 0) is 11.2 Å². The van der Waals surface area contributed by atoms with Crippen molar-refractivity contribution in [2.75, 3.05) is 6.61 Å². The van der Waals surface area contributed by atoms with Crippen molar-refractivity contribution < 1.29 is 14.3 Å². The quantitative estimate of drug-likeness (QED) is 0.465. The van der Waals surface area contributed by atoms with E-state index in [1.807, 2.05) is 37.3 Å². The third-order valence-electron chi connectivity index (χ3n) is 2.89. The van der Waals surface area contributed by atoms with Crippen LogP contribution in [0, 0.1) is 6.92 Å². The molecule has 0 spiro atoms. The molecule has 0 unspecified atom stereocenters. The van der Waals surface area contributed by atoms with Crippen LogP contribution in [0.3, 0.4) is 0 Å². The molecule has 0 bridgehead atoms. The van der Waals surface area contributed by atoms with Gasteiger partial charge in [0.05, 0.1) is 6.61 Å². The molecule has 0 saturated heterocycles. The number of hydrogen-bond acceptors (Lipinski definition) is 3. The molecule has 2 aromatic rings. The first-order valence-corrected chi connectivity index (χ1v) is 6.69. The van der Waals surface area contributed by atoms with Crippen LogP contribution in [0.15, 0.2) is 54.6 Å². The van der Waals surface area contributed by atoms with Gasteiger partial charge in [-0.25, -0.2) is 4.79 Å². The highest BCUT2D eigenvalue weighted by Crippen LogP contribution is 2.12. The fraction of sp³-hybridized carbons (Fsp3) is 0.235. The number of rotatable bonds is 5. The lowest BCUT2D eigenvalue weighted by Gasteiger charge is -2.06. The Labute approximate surface area is 119 Å². The van der Waals surface area contributed by atoms with Crippen LogP contribution in [0.2, 0.25) is 0 Å². The van der Waals surface area contributed by atoms with Gasteiger partial charge in [-0.3, -0.25) is 0 Å². The van der Waals surface area contributed by atoms with Crippen molar-refractivity contribution in [3.05, 3.63) is 65.7 Å². The molecule has 0 aliphatic rings. The Morgan fingerprint density at radius 1 is 1.00 bits per heavy atom. The normalized spacial score (nSPS) is 10.1. The minimum atomic E-state index is -0.651. The maximum absolute atomic E-state index is 11.5. The second kappa shape index (κ2) is 7.34. The van der Waals surface area contributed by atoms with Crippen LogP contribution < -0.4 is 4.74 Å². The summed E-state index contributed by atoms with van der Waals surface area (Å²) in [5.41, 5.74) is 2.36. The molecule has 2 rings (SSSR count). The van der Waals surface area contributed by atoms with Gasteiger partial charge in [0.25, 0.3) is 0 Å². The molecule has 0 heterocycles. The molecule has 0 N–H and O–H groups in total. The standard InChI is InChI=1S/C17H18O3/c1-14-9-11-16(12-10-14)20-17(18)19-13-5-8-15-6-3-2-4-7-15/h2-4,6-7,9-12H,5,8,13H2,1H3. The fourth-order valence-corrected chi connectivity index (χ4v) is 1.81. The summed E-state index contributed by atoms with van der Waals surface area (Å²) >= 11 is 0. The van der Waals surface area contributed by atoms with Crippen molar-refractivity contribution in [1.82, 2.24) is 0 Å². The summed E-state index contributed by atoms with van der Waals surface area (Å²) in [4.78, 5) is 11.5. The van der Waals surface area contributed by atoms with Gasteiger partial charge in [0, 0.05) is 0 Å². The molecular formula is C17H18O3. The first-order valence-electron chi connectivity index (χ1n) is 6.69. The zero-order valence-electron chi connectivity index (χ0n) is 11.5. The van der Waals surface area contributed by atoms with Crippen LogP contribution in [-0.4, -0.2) is 12.8 Å². The minimum Gasteiger partial charge on any atom is -0.434 e. The summed E-state index contributed by atoms with van der Waals surface area (Å²) in [5.74, 6) is 0.503. The Morgan fingerprint density at radius 2 is 1.70 bits per heavy atom. The predicted molar refractivity (Wildman–Crippen MR) is 77.9 cm³/mol. The fourth-order valence-electron chi connectivity index (χ4n) is 1.81. The van der Waals surface area contributed by atoms with Gasteiger partial charge in [-0.1, -0.05) is 48.0 Å². The van der Waals surface area contributed by atoms with Gasteiger partial charge >= 0.3 is 6.16 Å². The Bertz CT molecular complexity index is 532. The molecule has 0 amide bonds. The Kier molecular flexibility index (Phi) is 5.18. The van der Waals surface area contributed by atoms with E-state index in [-0.39, 0.29) is 0 Å². The summed E-state index contributed by atoms with van der Waals surface area (Å²) in [7, 11) is 0.